The Balaban J connectivity index is 1.62. The van der Waals surface area contributed by atoms with Crippen LogP contribution in [-0.4, -0.2) is 30.3 Å². The Labute approximate surface area is 125 Å². The van der Waals surface area contributed by atoms with Crippen LogP contribution < -0.4 is 15.8 Å². The van der Waals surface area contributed by atoms with Crippen molar-refractivity contribution >= 4 is 11.6 Å². The van der Waals surface area contributed by atoms with Crippen LogP contribution >= 0.6 is 0 Å². The van der Waals surface area contributed by atoms with E-state index in [9.17, 15) is 9.90 Å². The molecule has 0 spiro atoms. The lowest BCUT2D eigenvalue weighted by Crippen LogP contribution is -2.33. The number of nitrogens with one attached hydrogen (secondary N) is 1. The second-order valence-corrected chi connectivity index (χ2v) is 5.63. The highest BCUT2D eigenvalue weighted by Gasteiger charge is 2.20. The highest BCUT2D eigenvalue weighted by atomic mass is 16.5. The minimum absolute atomic E-state index is 0.0236. The lowest BCUT2D eigenvalue weighted by atomic mass is 9.87. The molecule has 0 radical (unpaired) electrons. The molecule has 1 saturated carbocycles. The highest BCUT2D eigenvalue weighted by molar-refractivity contribution is 5.76. The van der Waals surface area contributed by atoms with Gasteiger partial charge in [0.1, 0.15) is 5.75 Å². The van der Waals surface area contributed by atoms with Gasteiger partial charge in [0.25, 0.3) is 0 Å². The Morgan fingerprint density at radius 3 is 2.95 bits per heavy atom. The molecule has 0 aliphatic heterocycles. The molecule has 116 valence electrons. The predicted molar refractivity (Wildman–Crippen MR) is 81.9 cm³/mol. The molecule has 4 N–H and O–H groups in total. The van der Waals surface area contributed by atoms with Crippen molar-refractivity contribution in [2.75, 3.05) is 18.9 Å². The Morgan fingerprint density at radius 1 is 1.38 bits per heavy atom. The van der Waals surface area contributed by atoms with E-state index in [0.717, 1.165) is 25.7 Å². The lowest BCUT2D eigenvalue weighted by Gasteiger charge is -2.25. The van der Waals surface area contributed by atoms with Crippen molar-refractivity contribution in [3.05, 3.63) is 24.3 Å². The van der Waals surface area contributed by atoms with Crippen molar-refractivity contribution in [2.24, 2.45) is 5.92 Å². The van der Waals surface area contributed by atoms with Gasteiger partial charge in [0.15, 0.2) is 0 Å². The van der Waals surface area contributed by atoms with Crippen LogP contribution in [0, 0.1) is 5.92 Å². The fourth-order valence-electron chi connectivity index (χ4n) is 2.66. The van der Waals surface area contributed by atoms with Gasteiger partial charge in [0, 0.05) is 6.54 Å². The number of para-hydroxylation sites is 2. The molecule has 1 aliphatic rings. The molecule has 0 aromatic heterocycles. The summed E-state index contributed by atoms with van der Waals surface area (Å²) in [5.74, 6) is 0.980. The van der Waals surface area contributed by atoms with Crippen LogP contribution in [0.1, 0.15) is 32.1 Å². The van der Waals surface area contributed by atoms with Crippen LogP contribution in [0.25, 0.3) is 0 Å². The molecular weight excluding hydrogens is 268 g/mol. The predicted octanol–water partition coefficient (Wildman–Crippen LogP) is 1.70. The van der Waals surface area contributed by atoms with E-state index in [-0.39, 0.29) is 12.0 Å². The second-order valence-electron chi connectivity index (χ2n) is 5.63. The summed E-state index contributed by atoms with van der Waals surface area (Å²) in [4.78, 5) is 11.8. The van der Waals surface area contributed by atoms with E-state index >= 15 is 0 Å². The molecule has 1 aromatic carbocycles. The molecule has 2 rings (SSSR count). The van der Waals surface area contributed by atoms with E-state index in [1.54, 1.807) is 12.1 Å². The summed E-state index contributed by atoms with van der Waals surface area (Å²) >= 11 is 0. The summed E-state index contributed by atoms with van der Waals surface area (Å²) < 4.78 is 5.49. The largest absolute Gasteiger partial charge is 0.491 e. The Morgan fingerprint density at radius 2 is 2.19 bits per heavy atom. The van der Waals surface area contributed by atoms with E-state index < -0.39 is 0 Å². The zero-order valence-electron chi connectivity index (χ0n) is 12.3. The fraction of sp³-hybridized carbons (Fsp3) is 0.562. The van der Waals surface area contributed by atoms with E-state index in [0.29, 0.717) is 36.9 Å². The number of carbonyl (C=O) groups excluding carboxylic acids is 1. The van der Waals surface area contributed by atoms with Gasteiger partial charge in [-0.2, -0.15) is 0 Å². The molecule has 1 aliphatic carbocycles. The van der Waals surface area contributed by atoms with Gasteiger partial charge >= 0.3 is 0 Å². The Hall–Kier alpha value is -1.75. The third-order valence-corrected chi connectivity index (χ3v) is 3.85. The number of aliphatic hydroxyl groups is 1. The minimum atomic E-state index is -0.204. The Kier molecular flexibility index (Phi) is 5.87. The number of nitrogen functional groups attached to an aromatic ring is 1. The molecule has 0 heterocycles. The number of nitrogens with two attached hydrogens (primary N) is 1. The van der Waals surface area contributed by atoms with Gasteiger partial charge in [0.05, 0.1) is 24.8 Å². The van der Waals surface area contributed by atoms with Crippen molar-refractivity contribution in [2.45, 2.75) is 38.2 Å². The first-order valence-electron chi connectivity index (χ1n) is 7.57. The maximum atomic E-state index is 11.8. The first kappa shape index (κ1) is 15.6. The zero-order chi connectivity index (χ0) is 15.1. The molecule has 0 saturated heterocycles. The number of aliphatic hydroxyl groups excluding tert-OH is 1. The van der Waals surface area contributed by atoms with Crippen molar-refractivity contribution in [3.63, 3.8) is 0 Å². The van der Waals surface area contributed by atoms with Gasteiger partial charge in [-0.25, -0.2) is 0 Å². The van der Waals surface area contributed by atoms with Crippen molar-refractivity contribution < 1.29 is 14.6 Å². The molecule has 1 amide bonds. The van der Waals surface area contributed by atoms with Crippen LogP contribution in [0.15, 0.2) is 24.3 Å². The normalized spacial score (nSPS) is 21.8. The number of hydrogen-bond acceptors (Lipinski definition) is 4. The number of anilines is 1. The van der Waals surface area contributed by atoms with Gasteiger partial charge in [-0.05, 0) is 37.3 Å². The van der Waals surface area contributed by atoms with Gasteiger partial charge < -0.3 is 20.9 Å². The van der Waals surface area contributed by atoms with Crippen LogP contribution in [0.3, 0.4) is 0 Å². The quantitative estimate of drug-likeness (QED) is 0.697. The molecule has 5 heteroatoms. The topological polar surface area (TPSA) is 84.6 Å². The van der Waals surface area contributed by atoms with Gasteiger partial charge in [-0.15, -0.1) is 0 Å². The third kappa shape index (κ3) is 5.27. The summed E-state index contributed by atoms with van der Waals surface area (Å²) in [5, 5.41) is 12.5. The Bertz CT molecular complexity index is 465. The molecule has 2 atom stereocenters. The van der Waals surface area contributed by atoms with Crippen LogP contribution in [0.2, 0.25) is 0 Å². The van der Waals surface area contributed by atoms with Crippen LogP contribution in [0.4, 0.5) is 5.69 Å². The maximum absolute atomic E-state index is 11.8. The fourth-order valence-corrected chi connectivity index (χ4v) is 2.66. The molecule has 21 heavy (non-hydrogen) atoms. The van der Waals surface area contributed by atoms with E-state index in [1.165, 1.54) is 0 Å². The van der Waals surface area contributed by atoms with Crippen molar-refractivity contribution in [1.82, 2.24) is 5.32 Å². The smallest absolute Gasteiger partial charge is 0.223 e. The van der Waals surface area contributed by atoms with E-state index in [4.69, 9.17) is 10.5 Å². The standard InChI is InChI=1S/C16H24N2O3/c17-14-6-1-2-7-15(14)21-9-8-16(20)18-11-12-4-3-5-13(19)10-12/h1-2,6-7,12-13,19H,3-5,8-11,17H2,(H,18,20). The first-order valence-corrected chi connectivity index (χ1v) is 7.57. The number of rotatable bonds is 6. The third-order valence-electron chi connectivity index (χ3n) is 3.85. The average molecular weight is 292 g/mol. The number of ether oxygens (including phenoxy) is 1. The van der Waals surface area contributed by atoms with Crippen LogP contribution in [-0.2, 0) is 4.79 Å². The van der Waals surface area contributed by atoms with Gasteiger partial charge in [-0.3, -0.25) is 4.79 Å². The molecule has 1 fully saturated rings. The number of hydrogen-bond donors (Lipinski definition) is 3. The summed E-state index contributed by atoms with van der Waals surface area (Å²) in [6.07, 6.45) is 3.90. The van der Waals surface area contributed by atoms with Gasteiger partial charge in [-0.1, -0.05) is 18.6 Å². The SMILES string of the molecule is Nc1ccccc1OCCC(=O)NCC1CCCC(O)C1. The summed E-state index contributed by atoms with van der Waals surface area (Å²) in [5.41, 5.74) is 6.34. The molecule has 5 nitrogen and oxygen atoms in total. The van der Waals surface area contributed by atoms with Crippen molar-refractivity contribution in [1.29, 1.82) is 0 Å². The molecule has 2 unspecified atom stereocenters. The van der Waals surface area contributed by atoms with Crippen LogP contribution in [0.5, 0.6) is 5.75 Å². The maximum Gasteiger partial charge on any atom is 0.223 e. The zero-order valence-corrected chi connectivity index (χ0v) is 12.3. The number of benzene rings is 1. The summed E-state index contributed by atoms with van der Waals surface area (Å²) in [6, 6.07) is 7.24. The molecule has 1 aromatic rings. The highest BCUT2D eigenvalue weighted by Crippen LogP contribution is 2.23. The summed E-state index contributed by atoms with van der Waals surface area (Å²) in [7, 11) is 0. The molecular formula is C16H24N2O3. The van der Waals surface area contributed by atoms with E-state index in [2.05, 4.69) is 5.32 Å². The average Bonchev–Trinajstić information content (AvgIpc) is 2.47. The number of amides is 1. The molecule has 0 bridgehead atoms. The number of carbonyl (C=O) groups is 1. The van der Waals surface area contributed by atoms with Gasteiger partial charge in [0.2, 0.25) is 5.91 Å². The summed E-state index contributed by atoms with van der Waals surface area (Å²) in [6.45, 7) is 0.955. The monoisotopic (exact) mass is 292 g/mol. The second kappa shape index (κ2) is 7.88. The first-order chi connectivity index (χ1) is 10.1. The van der Waals surface area contributed by atoms with Crippen molar-refractivity contribution in [3.8, 4) is 5.75 Å². The minimum Gasteiger partial charge on any atom is -0.491 e. The lowest BCUT2D eigenvalue weighted by molar-refractivity contribution is -0.121. The van der Waals surface area contributed by atoms with E-state index in [1.807, 2.05) is 12.1 Å².